The van der Waals surface area contributed by atoms with E-state index in [-0.39, 0.29) is 28.0 Å². The Bertz CT molecular complexity index is 1070. The van der Waals surface area contributed by atoms with E-state index in [0.29, 0.717) is 43.7 Å². The first-order valence-electron chi connectivity index (χ1n) is 9.76. The molecule has 0 saturated carbocycles. The number of Topliss-reactive ketones (excluding diaryl/α,β-unsaturated/α-hetero) is 1. The minimum Gasteiger partial charge on any atom is -0.486 e. The van der Waals surface area contributed by atoms with E-state index in [1.165, 1.54) is 18.2 Å². The lowest BCUT2D eigenvalue weighted by Crippen LogP contribution is -2.52. The Morgan fingerprint density at radius 3 is 2.57 bits per heavy atom. The SMILES string of the molecule is Cc1cc(C)c2c(c1)OC1(CCN(C(=O)c3ccc(Cl)c([N+](=O)[O-])c3)CC1)CC2=O. The molecule has 2 aliphatic rings. The minimum absolute atomic E-state index is 0.00693. The Morgan fingerprint density at radius 1 is 1.20 bits per heavy atom. The third-order valence-electron chi connectivity index (χ3n) is 5.88. The molecule has 7 nitrogen and oxygen atoms in total. The van der Waals surface area contributed by atoms with Crippen molar-refractivity contribution in [1.29, 1.82) is 0 Å². The van der Waals surface area contributed by atoms with Gasteiger partial charge in [0.1, 0.15) is 16.4 Å². The molecule has 156 valence electrons. The molecule has 4 rings (SSSR count). The first-order chi connectivity index (χ1) is 14.2. The number of rotatable bonds is 2. The Morgan fingerprint density at radius 2 is 1.90 bits per heavy atom. The number of benzene rings is 2. The van der Waals surface area contributed by atoms with Crippen molar-refractivity contribution in [2.75, 3.05) is 13.1 Å². The largest absolute Gasteiger partial charge is 0.486 e. The molecule has 8 heteroatoms. The molecule has 1 saturated heterocycles. The average molecular weight is 429 g/mol. The fourth-order valence-corrected chi connectivity index (χ4v) is 4.57. The topological polar surface area (TPSA) is 89.8 Å². The molecule has 2 aromatic carbocycles. The summed E-state index contributed by atoms with van der Waals surface area (Å²) in [6, 6.07) is 7.93. The summed E-state index contributed by atoms with van der Waals surface area (Å²) < 4.78 is 6.33. The standard InChI is InChI=1S/C22H21ClN2O5/c1-13-9-14(2)20-18(26)12-22(30-19(20)10-13)5-7-24(8-6-22)21(27)15-3-4-16(23)17(11-15)25(28)29/h3-4,9-11H,5-8,12H2,1-2H3. The summed E-state index contributed by atoms with van der Waals surface area (Å²) in [5.41, 5.74) is 1.92. The van der Waals surface area contributed by atoms with Gasteiger partial charge in [-0.15, -0.1) is 0 Å². The molecule has 2 aliphatic heterocycles. The van der Waals surface area contributed by atoms with Gasteiger partial charge in [0.05, 0.1) is 16.9 Å². The molecule has 0 aromatic heterocycles. The van der Waals surface area contributed by atoms with Gasteiger partial charge in [-0.1, -0.05) is 17.7 Å². The van der Waals surface area contributed by atoms with E-state index in [1.54, 1.807) is 4.90 Å². The van der Waals surface area contributed by atoms with E-state index >= 15 is 0 Å². The van der Waals surface area contributed by atoms with Gasteiger partial charge in [0, 0.05) is 37.6 Å². The molecule has 0 N–H and O–H groups in total. The van der Waals surface area contributed by atoms with Gasteiger partial charge in [0.2, 0.25) is 0 Å². The van der Waals surface area contributed by atoms with E-state index < -0.39 is 10.5 Å². The molecule has 0 radical (unpaired) electrons. The number of nitro benzene ring substituents is 1. The maximum Gasteiger partial charge on any atom is 0.288 e. The van der Waals surface area contributed by atoms with Crippen molar-refractivity contribution in [2.24, 2.45) is 0 Å². The molecule has 30 heavy (non-hydrogen) atoms. The van der Waals surface area contributed by atoms with Crippen molar-refractivity contribution in [2.45, 2.75) is 38.7 Å². The second kappa shape index (κ2) is 7.40. The Kier molecular flexibility index (Phi) is 5.02. The second-order valence-electron chi connectivity index (χ2n) is 8.06. The number of piperidine rings is 1. The molecule has 2 heterocycles. The van der Waals surface area contributed by atoms with Crippen molar-refractivity contribution >= 4 is 29.0 Å². The molecule has 0 aliphatic carbocycles. The lowest BCUT2D eigenvalue weighted by Gasteiger charge is -2.44. The van der Waals surface area contributed by atoms with E-state index in [4.69, 9.17) is 16.3 Å². The summed E-state index contributed by atoms with van der Waals surface area (Å²) >= 11 is 5.84. The number of ether oxygens (including phenoxy) is 1. The van der Waals surface area contributed by atoms with Crippen LogP contribution in [-0.4, -0.2) is 40.2 Å². The number of likely N-dealkylation sites (tertiary alicyclic amines) is 1. The summed E-state index contributed by atoms with van der Waals surface area (Å²) in [6.45, 7) is 4.69. The van der Waals surface area contributed by atoms with Crippen LogP contribution >= 0.6 is 11.6 Å². The number of fused-ring (bicyclic) bond motifs is 1. The molecular weight excluding hydrogens is 408 g/mol. The molecular formula is C22H21ClN2O5. The summed E-state index contributed by atoms with van der Waals surface area (Å²) in [5.74, 6) is 0.401. The van der Waals surface area contributed by atoms with Gasteiger partial charge in [-0.2, -0.15) is 0 Å². The zero-order valence-electron chi connectivity index (χ0n) is 16.7. The Hall–Kier alpha value is -2.93. The summed E-state index contributed by atoms with van der Waals surface area (Å²) in [4.78, 5) is 37.8. The average Bonchev–Trinajstić information content (AvgIpc) is 2.67. The number of ketones is 1. The van der Waals surface area contributed by atoms with Gasteiger partial charge in [-0.25, -0.2) is 0 Å². The Labute approximate surface area is 178 Å². The number of amides is 1. The molecule has 1 fully saturated rings. The first kappa shape index (κ1) is 20.3. The highest BCUT2D eigenvalue weighted by Gasteiger charge is 2.44. The molecule has 0 atom stereocenters. The van der Waals surface area contributed by atoms with Crippen molar-refractivity contribution in [3.63, 3.8) is 0 Å². The Balaban J connectivity index is 1.51. The van der Waals surface area contributed by atoms with Gasteiger partial charge in [-0.05, 0) is 43.2 Å². The fraction of sp³-hybridized carbons (Fsp3) is 0.364. The monoisotopic (exact) mass is 428 g/mol. The van der Waals surface area contributed by atoms with Crippen LogP contribution in [0.15, 0.2) is 30.3 Å². The van der Waals surface area contributed by atoms with Crippen molar-refractivity contribution in [3.05, 3.63) is 67.7 Å². The van der Waals surface area contributed by atoms with Gasteiger partial charge in [0.25, 0.3) is 11.6 Å². The smallest absolute Gasteiger partial charge is 0.288 e. The number of nitro groups is 1. The van der Waals surface area contributed by atoms with Gasteiger partial charge in [0.15, 0.2) is 5.78 Å². The number of aryl methyl sites for hydroxylation is 2. The van der Waals surface area contributed by atoms with Crippen LogP contribution in [-0.2, 0) is 0 Å². The molecule has 1 spiro atoms. The summed E-state index contributed by atoms with van der Waals surface area (Å²) in [7, 11) is 0. The fourth-order valence-electron chi connectivity index (χ4n) is 4.38. The third-order valence-corrected chi connectivity index (χ3v) is 6.20. The zero-order chi connectivity index (χ0) is 21.6. The highest BCUT2D eigenvalue weighted by atomic mass is 35.5. The summed E-state index contributed by atoms with van der Waals surface area (Å²) in [5, 5.41) is 11.1. The minimum atomic E-state index is -0.618. The molecule has 1 amide bonds. The van der Waals surface area contributed by atoms with Crippen LogP contribution in [0.1, 0.15) is 51.1 Å². The van der Waals surface area contributed by atoms with Crippen molar-refractivity contribution < 1.29 is 19.2 Å². The predicted molar refractivity (Wildman–Crippen MR) is 111 cm³/mol. The van der Waals surface area contributed by atoms with Crippen LogP contribution in [0.3, 0.4) is 0 Å². The van der Waals surface area contributed by atoms with Crippen LogP contribution in [0.5, 0.6) is 5.75 Å². The summed E-state index contributed by atoms with van der Waals surface area (Å²) in [6.07, 6.45) is 1.33. The normalized spacial score (nSPS) is 17.4. The number of hydrogen-bond donors (Lipinski definition) is 0. The lowest BCUT2D eigenvalue weighted by atomic mass is 9.81. The second-order valence-corrected chi connectivity index (χ2v) is 8.46. The quantitative estimate of drug-likeness (QED) is 0.518. The van der Waals surface area contributed by atoms with Crippen LogP contribution < -0.4 is 4.74 Å². The zero-order valence-corrected chi connectivity index (χ0v) is 17.5. The van der Waals surface area contributed by atoms with E-state index in [0.717, 1.165) is 11.1 Å². The van der Waals surface area contributed by atoms with Crippen molar-refractivity contribution in [3.8, 4) is 5.75 Å². The number of nitrogens with zero attached hydrogens (tertiary/aromatic N) is 2. The maximum absolute atomic E-state index is 12.9. The molecule has 0 bridgehead atoms. The number of halogens is 1. The van der Waals surface area contributed by atoms with Gasteiger partial charge < -0.3 is 9.64 Å². The van der Waals surface area contributed by atoms with Gasteiger partial charge in [-0.3, -0.25) is 19.7 Å². The maximum atomic E-state index is 12.9. The molecule has 2 aromatic rings. The van der Waals surface area contributed by atoms with Crippen LogP contribution in [0, 0.1) is 24.0 Å². The van der Waals surface area contributed by atoms with Crippen LogP contribution in [0.4, 0.5) is 5.69 Å². The van der Waals surface area contributed by atoms with E-state index in [9.17, 15) is 19.7 Å². The van der Waals surface area contributed by atoms with Crippen LogP contribution in [0.25, 0.3) is 0 Å². The number of carbonyl (C=O) groups is 2. The highest BCUT2D eigenvalue weighted by Crippen LogP contribution is 2.41. The van der Waals surface area contributed by atoms with E-state index in [1.807, 2.05) is 26.0 Å². The highest BCUT2D eigenvalue weighted by molar-refractivity contribution is 6.32. The predicted octanol–water partition coefficient (Wildman–Crippen LogP) is 4.51. The van der Waals surface area contributed by atoms with Crippen LogP contribution in [0.2, 0.25) is 5.02 Å². The lowest BCUT2D eigenvalue weighted by molar-refractivity contribution is -0.384. The molecule has 0 unspecified atom stereocenters. The van der Waals surface area contributed by atoms with E-state index in [2.05, 4.69) is 0 Å². The third kappa shape index (κ3) is 3.54. The number of carbonyl (C=O) groups excluding carboxylic acids is 2. The van der Waals surface area contributed by atoms with Crippen molar-refractivity contribution in [1.82, 2.24) is 4.90 Å². The number of hydrogen-bond acceptors (Lipinski definition) is 5. The van der Waals surface area contributed by atoms with Gasteiger partial charge >= 0.3 is 0 Å². The first-order valence-corrected chi connectivity index (χ1v) is 10.1.